The van der Waals surface area contributed by atoms with Crippen molar-refractivity contribution in [1.29, 1.82) is 0 Å². The van der Waals surface area contributed by atoms with Crippen LogP contribution in [0.25, 0.3) is 11.6 Å². The van der Waals surface area contributed by atoms with Crippen molar-refractivity contribution in [3.05, 3.63) is 65.2 Å². The molecule has 0 spiro atoms. The lowest BCUT2D eigenvalue weighted by molar-refractivity contribution is -0.118. The Morgan fingerprint density at radius 2 is 1.84 bits per heavy atom. The number of rotatable bonds is 3. The minimum atomic E-state index is -0.621. The lowest BCUT2D eigenvalue weighted by Crippen LogP contribution is -2.36. The van der Waals surface area contributed by atoms with Gasteiger partial charge in [-0.3, -0.25) is 4.79 Å². The molecule has 0 aromatic heterocycles. The predicted octanol–water partition coefficient (Wildman–Crippen LogP) is 3.15. The van der Waals surface area contributed by atoms with Gasteiger partial charge in [0.15, 0.2) is 0 Å². The first-order valence-corrected chi connectivity index (χ1v) is 8.25. The summed E-state index contributed by atoms with van der Waals surface area (Å²) in [5.41, 5.74) is 10.4. The van der Waals surface area contributed by atoms with Crippen LogP contribution in [0.4, 0.5) is 10.5 Å². The van der Waals surface area contributed by atoms with Crippen molar-refractivity contribution in [3.63, 3.8) is 0 Å². The third-order valence-corrected chi connectivity index (χ3v) is 4.31. The van der Waals surface area contributed by atoms with E-state index < -0.39 is 6.03 Å². The van der Waals surface area contributed by atoms with Crippen LogP contribution in [0.3, 0.4) is 0 Å². The molecule has 1 aliphatic rings. The van der Waals surface area contributed by atoms with E-state index >= 15 is 0 Å². The van der Waals surface area contributed by atoms with E-state index in [0.717, 1.165) is 22.4 Å². The maximum Gasteiger partial charge on any atom is 0.312 e. The second-order valence-electron chi connectivity index (χ2n) is 6.06. The minimum absolute atomic E-state index is 0.0519. The van der Waals surface area contributed by atoms with Crippen molar-refractivity contribution in [2.24, 2.45) is 5.73 Å². The van der Waals surface area contributed by atoms with E-state index in [9.17, 15) is 9.59 Å². The smallest absolute Gasteiger partial charge is 0.312 e. The van der Waals surface area contributed by atoms with Crippen molar-refractivity contribution >= 4 is 29.3 Å². The summed E-state index contributed by atoms with van der Waals surface area (Å²) in [6, 6.07) is 15.3. The van der Waals surface area contributed by atoms with E-state index in [4.69, 9.17) is 5.73 Å². The van der Waals surface area contributed by atoms with Gasteiger partial charge in [0.25, 0.3) is 0 Å². The molecule has 2 aromatic rings. The van der Waals surface area contributed by atoms with Crippen LogP contribution in [0.5, 0.6) is 0 Å². The Bertz CT molecular complexity index is 842. The van der Waals surface area contributed by atoms with Gasteiger partial charge in [0.2, 0.25) is 5.91 Å². The number of hydrogen-bond acceptors (Lipinski definition) is 2. The average Bonchev–Trinajstić information content (AvgIpc) is 2.59. The summed E-state index contributed by atoms with van der Waals surface area (Å²) in [7, 11) is 0. The molecule has 0 atom stereocenters. The number of carbonyl (C=O) groups excluding carboxylic acids is 2. The fraction of sp³-hybridized carbons (Fsp3) is 0.200. The van der Waals surface area contributed by atoms with Crippen LogP contribution in [0.15, 0.2) is 48.5 Å². The van der Waals surface area contributed by atoms with Crippen molar-refractivity contribution in [2.75, 3.05) is 11.4 Å². The van der Waals surface area contributed by atoms with E-state index in [1.807, 2.05) is 42.5 Å². The van der Waals surface area contributed by atoms with Gasteiger partial charge in [0.05, 0.1) is 12.2 Å². The molecule has 2 aromatic carbocycles. The van der Waals surface area contributed by atoms with Crippen LogP contribution >= 0.6 is 0 Å². The van der Waals surface area contributed by atoms with Crippen molar-refractivity contribution in [3.8, 4) is 0 Å². The molecule has 0 aliphatic carbocycles. The number of urea groups is 1. The second-order valence-corrected chi connectivity index (χ2v) is 6.06. The Labute approximate surface area is 147 Å². The zero-order valence-corrected chi connectivity index (χ0v) is 14.2. The molecule has 0 unspecified atom stereocenters. The normalized spacial score (nSPS) is 15.1. The summed E-state index contributed by atoms with van der Waals surface area (Å²) in [6.07, 6.45) is 2.30. The number of primary amides is 1. The minimum Gasteiger partial charge on any atom is -0.352 e. The Morgan fingerprint density at radius 3 is 2.64 bits per heavy atom. The number of amides is 3. The molecule has 3 N–H and O–H groups in total. The molecule has 25 heavy (non-hydrogen) atoms. The Balaban J connectivity index is 1.99. The molecule has 1 aliphatic heterocycles. The van der Waals surface area contributed by atoms with Crippen LogP contribution in [0.1, 0.15) is 30.0 Å². The van der Waals surface area contributed by atoms with Crippen LogP contribution in [0.2, 0.25) is 0 Å². The highest BCUT2D eigenvalue weighted by molar-refractivity contribution is 5.98. The van der Waals surface area contributed by atoms with Gasteiger partial charge in [0, 0.05) is 13.0 Å². The summed E-state index contributed by atoms with van der Waals surface area (Å²) < 4.78 is 0. The second kappa shape index (κ2) is 7.21. The van der Waals surface area contributed by atoms with Crippen LogP contribution in [-0.2, 0) is 11.3 Å². The number of benzene rings is 2. The standard InChI is InChI=1S/C20H21N3O2/c1-14-12-15-6-3-5-9-18(15)23(19(24)10-11-22-20(21)25)13-16-7-2-4-8-17(14)16/h2-9,12H,10-11,13H2,1H3,(H3,21,22,25)/b14-12-. The number of fused-ring (bicyclic) bond motifs is 2. The molecule has 5 nitrogen and oxygen atoms in total. The monoisotopic (exact) mass is 335 g/mol. The molecule has 0 saturated heterocycles. The highest BCUT2D eigenvalue weighted by atomic mass is 16.2. The number of para-hydroxylation sites is 1. The van der Waals surface area contributed by atoms with E-state index in [1.54, 1.807) is 4.90 Å². The van der Waals surface area contributed by atoms with E-state index in [1.165, 1.54) is 5.57 Å². The average molecular weight is 335 g/mol. The van der Waals surface area contributed by atoms with Gasteiger partial charge in [-0.05, 0) is 41.3 Å². The Hall–Kier alpha value is -3.08. The summed E-state index contributed by atoms with van der Waals surface area (Å²) in [5.74, 6) is -0.0519. The van der Waals surface area contributed by atoms with Crippen LogP contribution in [-0.4, -0.2) is 18.5 Å². The van der Waals surface area contributed by atoms with Crippen LogP contribution < -0.4 is 16.0 Å². The number of carbonyl (C=O) groups is 2. The van der Waals surface area contributed by atoms with Crippen molar-refractivity contribution in [1.82, 2.24) is 5.32 Å². The maximum atomic E-state index is 12.8. The first-order valence-electron chi connectivity index (χ1n) is 8.25. The Morgan fingerprint density at radius 1 is 1.12 bits per heavy atom. The van der Waals surface area contributed by atoms with Gasteiger partial charge < -0.3 is 16.0 Å². The SMILES string of the molecule is C/C1=C/c2ccccc2N(C(=O)CCNC(N)=O)Cc2ccccc21. The molecule has 5 heteroatoms. The van der Waals surface area contributed by atoms with Gasteiger partial charge >= 0.3 is 6.03 Å². The maximum absolute atomic E-state index is 12.8. The number of allylic oxidation sites excluding steroid dienone is 1. The molecule has 0 radical (unpaired) electrons. The topological polar surface area (TPSA) is 75.4 Å². The number of nitrogens with two attached hydrogens (primary N) is 1. The predicted molar refractivity (Wildman–Crippen MR) is 99.8 cm³/mol. The zero-order valence-electron chi connectivity index (χ0n) is 14.2. The molecule has 0 bridgehead atoms. The van der Waals surface area contributed by atoms with Gasteiger partial charge in [-0.2, -0.15) is 0 Å². The fourth-order valence-corrected chi connectivity index (χ4v) is 3.11. The van der Waals surface area contributed by atoms with E-state index in [2.05, 4.69) is 24.4 Å². The van der Waals surface area contributed by atoms with Gasteiger partial charge in [-0.15, -0.1) is 0 Å². The third kappa shape index (κ3) is 3.71. The summed E-state index contributed by atoms with van der Waals surface area (Å²) in [4.78, 5) is 25.4. The number of nitrogens with zero attached hydrogens (tertiary/aromatic N) is 1. The first kappa shape index (κ1) is 16.8. The lowest BCUT2D eigenvalue weighted by Gasteiger charge is -2.28. The molecule has 1 heterocycles. The molecule has 0 saturated carbocycles. The number of nitrogens with one attached hydrogen (secondary N) is 1. The molecule has 128 valence electrons. The van der Waals surface area contributed by atoms with Crippen molar-refractivity contribution in [2.45, 2.75) is 19.9 Å². The van der Waals surface area contributed by atoms with Crippen molar-refractivity contribution < 1.29 is 9.59 Å². The molecule has 0 fully saturated rings. The molecular formula is C20H21N3O2. The quantitative estimate of drug-likeness (QED) is 0.904. The molecular weight excluding hydrogens is 314 g/mol. The first-order chi connectivity index (χ1) is 12.1. The van der Waals surface area contributed by atoms with E-state index in [0.29, 0.717) is 6.54 Å². The Kier molecular flexibility index (Phi) is 4.84. The van der Waals surface area contributed by atoms with Gasteiger partial charge in [-0.25, -0.2) is 4.79 Å². The van der Waals surface area contributed by atoms with Gasteiger partial charge in [0.1, 0.15) is 0 Å². The largest absolute Gasteiger partial charge is 0.352 e. The van der Waals surface area contributed by atoms with Gasteiger partial charge in [-0.1, -0.05) is 42.5 Å². The van der Waals surface area contributed by atoms with E-state index in [-0.39, 0.29) is 18.9 Å². The van der Waals surface area contributed by atoms with Crippen LogP contribution in [0, 0.1) is 0 Å². The summed E-state index contributed by atoms with van der Waals surface area (Å²) in [6.45, 7) is 2.81. The lowest BCUT2D eigenvalue weighted by atomic mass is 9.95. The number of hydrogen-bond donors (Lipinski definition) is 2. The summed E-state index contributed by atoms with van der Waals surface area (Å²) >= 11 is 0. The molecule has 3 rings (SSSR count). The fourth-order valence-electron chi connectivity index (χ4n) is 3.11. The molecule has 3 amide bonds. The number of anilines is 1. The zero-order chi connectivity index (χ0) is 17.8. The summed E-state index contributed by atoms with van der Waals surface area (Å²) in [5, 5.41) is 2.47. The third-order valence-electron chi connectivity index (χ3n) is 4.31. The highest BCUT2D eigenvalue weighted by Gasteiger charge is 2.21. The highest BCUT2D eigenvalue weighted by Crippen LogP contribution is 2.32.